The molecule has 3 aromatic rings. The fraction of sp³-hybridized carbons (Fsp3) is 0.176. The number of para-hydroxylation sites is 1. The van der Waals surface area contributed by atoms with Gasteiger partial charge in [-0.25, -0.2) is 9.97 Å². The number of hydrogen-bond donors (Lipinski definition) is 3. The van der Waals surface area contributed by atoms with Crippen molar-refractivity contribution in [2.24, 2.45) is 0 Å². The van der Waals surface area contributed by atoms with E-state index < -0.39 is 0 Å². The number of nitrogens with one attached hydrogen (secondary N) is 3. The Balaban J connectivity index is 1.53. The SMILES string of the molecule is CN(c1ccccc1)c1cc(NCCNC(=O)c2ccn[nH]2)ncn1. The Morgan fingerprint density at radius 1 is 1.16 bits per heavy atom. The average Bonchev–Trinajstić information content (AvgIpc) is 3.20. The molecule has 2 heterocycles. The van der Waals surface area contributed by atoms with Gasteiger partial charge in [0, 0.05) is 38.1 Å². The van der Waals surface area contributed by atoms with Crippen LogP contribution in [0, 0.1) is 0 Å². The van der Waals surface area contributed by atoms with Crippen LogP contribution in [0.15, 0.2) is 55.0 Å². The molecule has 1 aromatic carbocycles. The first kappa shape index (κ1) is 16.4. The second kappa shape index (κ2) is 7.91. The molecule has 0 saturated heterocycles. The predicted octanol–water partition coefficient (Wildman–Crippen LogP) is 1.81. The standard InChI is InChI=1S/C17H19N7O/c1-24(13-5-3-2-4-6-13)16-11-15(20-12-21-16)18-9-10-19-17(25)14-7-8-22-23-14/h2-8,11-12H,9-10H2,1H3,(H,19,25)(H,22,23)(H,18,20,21). The Morgan fingerprint density at radius 3 is 2.76 bits per heavy atom. The van der Waals surface area contributed by atoms with E-state index in [2.05, 4.69) is 30.8 Å². The van der Waals surface area contributed by atoms with E-state index in [0.717, 1.165) is 11.5 Å². The van der Waals surface area contributed by atoms with E-state index in [1.807, 2.05) is 48.3 Å². The Hall–Kier alpha value is -3.42. The van der Waals surface area contributed by atoms with Crippen molar-refractivity contribution in [2.75, 3.05) is 30.4 Å². The Kier molecular flexibility index (Phi) is 5.20. The number of H-pyrrole nitrogens is 1. The van der Waals surface area contributed by atoms with Crippen molar-refractivity contribution in [3.63, 3.8) is 0 Å². The lowest BCUT2D eigenvalue weighted by molar-refractivity contribution is 0.0950. The van der Waals surface area contributed by atoms with Crippen LogP contribution in [0.2, 0.25) is 0 Å². The Labute approximate surface area is 145 Å². The normalized spacial score (nSPS) is 10.3. The van der Waals surface area contributed by atoms with Gasteiger partial charge in [-0.3, -0.25) is 9.89 Å². The first-order valence-electron chi connectivity index (χ1n) is 7.86. The van der Waals surface area contributed by atoms with E-state index in [4.69, 9.17) is 0 Å². The number of nitrogens with zero attached hydrogens (tertiary/aromatic N) is 4. The number of carbonyl (C=O) groups excluding carboxylic acids is 1. The molecule has 0 aliphatic carbocycles. The molecular formula is C17H19N7O. The zero-order valence-electron chi connectivity index (χ0n) is 13.8. The summed E-state index contributed by atoms with van der Waals surface area (Å²) in [6.45, 7) is 1.01. The predicted molar refractivity (Wildman–Crippen MR) is 95.9 cm³/mol. The molecule has 0 unspecified atom stereocenters. The third-order valence-electron chi connectivity index (χ3n) is 3.60. The zero-order valence-corrected chi connectivity index (χ0v) is 13.8. The number of hydrogen-bond acceptors (Lipinski definition) is 6. The molecule has 0 saturated carbocycles. The molecule has 0 aliphatic rings. The van der Waals surface area contributed by atoms with Crippen LogP contribution in [-0.4, -0.2) is 46.2 Å². The highest BCUT2D eigenvalue weighted by molar-refractivity contribution is 5.92. The molecule has 3 N–H and O–H groups in total. The summed E-state index contributed by atoms with van der Waals surface area (Å²) >= 11 is 0. The summed E-state index contributed by atoms with van der Waals surface area (Å²) < 4.78 is 0. The molecule has 2 aromatic heterocycles. The molecule has 8 heteroatoms. The molecule has 128 valence electrons. The highest BCUT2D eigenvalue weighted by Crippen LogP contribution is 2.21. The van der Waals surface area contributed by atoms with Gasteiger partial charge in [0.05, 0.1) is 0 Å². The van der Waals surface area contributed by atoms with Gasteiger partial charge in [-0.15, -0.1) is 0 Å². The molecule has 1 amide bonds. The van der Waals surface area contributed by atoms with E-state index in [1.54, 1.807) is 12.3 Å². The summed E-state index contributed by atoms with van der Waals surface area (Å²) in [5.74, 6) is 1.29. The van der Waals surface area contributed by atoms with E-state index in [-0.39, 0.29) is 5.91 Å². The molecular weight excluding hydrogens is 318 g/mol. The zero-order chi connectivity index (χ0) is 17.5. The van der Waals surface area contributed by atoms with Gasteiger partial charge in [0.15, 0.2) is 0 Å². The second-order valence-corrected chi connectivity index (χ2v) is 5.31. The monoisotopic (exact) mass is 337 g/mol. The maximum absolute atomic E-state index is 11.8. The quantitative estimate of drug-likeness (QED) is 0.569. The van der Waals surface area contributed by atoms with E-state index in [1.165, 1.54) is 6.33 Å². The van der Waals surface area contributed by atoms with Crippen molar-refractivity contribution in [2.45, 2.75) is 0 Å². The van der Waals surface area contributed by atoms with Crippen molar-refractivity contribution >= 4 is 23.2 Å². The van der Waals surface area contributed by atoms with Gasteiger partial charge >= 0.3 is 0 Å². The summed E-state index contributed by atoms with van der Waals surface area (Å²) in [5.41, 5.74) is 1.48. The van der Waals surface area contributed by atoms with E-state index in [0.29, 0.717) is 24.6 Å². The maximum Gasteiger partial charge on any atom is 0.269 e. The first-order valence-corrected chi connectivity index (χ1v) is 7.86. The van der Waals surface area contributed by atoms with Crippen LogP contribution in [0.25, 0.3) is 0 Å². The van der Waals surface area contributed by atoms with Crippen LogP contribution in [0.1, 0.15) is 10.5 Å². The topological polar surface area (TPSA) is 98.8 Å². The highest BCUT2D eigenvalue weighted by Gasteiger charge is 2.07. The number of amides is 1. The van der Waals surface area contributed by atoms with Crippen molar-refractivity contribution < 1.29 is 4.79 Å². The number of benzene rings is 1. The Morgan fingerprint density at radius 2 is 2.00 bits per heavy atom. The van der Waals surface area contributed by atoms with Crippen LogP contribution in [-0.2, 0) is 0 Å². The van der Waals surface area contributed by atoms with Gasteiger partial charge in [0.1, 0.15) is 23.7 Å². The fourth-order valence-corrected chi connectivity index (χ4v) is 2.26. The smallest absolute Gasteiger partial charge is 0.269 e. The number of aromatic nitrogens is 4. The van der Waals surface area contributed by atoms with Crippen molar-refractivity contribution in [3.8, 4) is 0 Å². The summed E-state index contributed by atoms with van der Waals surface area (Å²) in [4.78, 5) is 22.3. The first-order chi connectivity index (χ1) is 12.2. The lowest BCUT2D eigenvalue weighted by Crippen LogP contribution is -2.29. The lowest BCUT2D eigenvalue weighted by atomic mass is 10.3. The Bertz CT molecular complexity index is 805. The summed E-state index contributed by atoms with van der Waals surface area (Å²) in [6.07, 6.45) is 3.05. The van der Waals surface area contributed by atoms with Crippen LogP contribution in [0.3, 0.4) is 0 Å². The molecule has 0 radical (unpaired) electrons. The fourth-order valence-electron chi connectivity index (χ4n) is 2.26. The number of carbonyl (C=O) groups is 1. The molecule has 25 heavy (non-hydrogen) atoms. The average molecular weight is 337 g/mol. The van der Waals surface area contributed by atoms with Crippen LogP contribution >= 0.6 is 0 Å². The number of anilines is 3. The summed E-state index contributed by atoms with van der Waals surface area (Å²) in [7, 11) is 1.95. The van der Waals surface area contributed by atoms with Gasteiger partial charge in [0.25, 0.3) is 5.91 Å². The molecule has 8 nitrogen and oxygen atoms in total. The highest BCUT2D eigenvalue weighted by atomic mass is 16.1. The summed E-state index contributed by atoms with van der Waals surface area (Å²) in [6, 6.07) is 13.5. The largest absolute Gasteiger partial charge is 0.368 e. The molecule has 3 rings (SSSR count). The molecule has 0 aliphatic heterocycles. The molecule has 0 fully saturated rings. The van der Waals surface area contributed by atoms with Gasteiger partial charge in [-0.2, -0.15) is 5.10 Å². The van der Waals surface area contributed by atoms with Gasteiger partial charge in [-0.1, -0.05) is 18.2 Å². The maximum atomic E-state index is 11.8. The minimum atomic E-state index is -0.188. The van der Waals surface area contributed by atoms with Crippen molar-refractivity contribution in [3.05, 3.63) is 60.7 Å². The van der Waals surface area contributed by atoms with Gasteiger partial charge in [0.2, 0.25) is 0 Å². The minimum Gasteiger partial charge on any atom is -0.368 e. The number of rotatable bonds is 7. The number of aromatic amines is 1. The lowest BCUT2D eigenvalue weighted by Gasteiger charge is -2.18. The van der Waals surface area contributed by atoms with E-state index >= 15 is 0 Å². The summed E-state index contributed by atoms with van der Waals surface area (Å²) in [5, 5.41) is 12.3. The van der Waals surface area contributed by atoms with Gasteiger partial charge in [-0.05, 0) is 18.2 Å². The van der Waals surface area contributed by atoms with Crippen LogP contribution in [0.5, 0.6) is 0 Å². The third kappa shape index (κ3) is 4.31. The molecule has 0 spiro atoms. The van der Waals surface area contributed by atoms with Crippen LogP contribution in [0.4, 0.5) is 17.3 Å². The van der Waals surface area contributed by atoms with Gasteiger partial charge < -0.3 is 15.5 Å². The van der Waals surface area contributed by atoms with Crippen LogP contribution < -0.4 is 15.5 Å². The molecule has 0 atom stereocenters. The second-order valence-electron chi connectivity index (χ2n) is 5.31. The third-order valence-corrected chi connectivity index (χ3v) is 3.60. The minimum absolute atomic E-state index is 0.188. The van der Waals surface area contributed by atoms with Crippen molar-refractivity contribution in [1.29, 1.82) is 0 Å². The molecule has 0 bridgehead atoms. The van der Waals surface area contributed by atoms with Crippen molar-refractivity contribution in [1.82, 2.24) is 25.5 Å². The van der Waals surface area contributed by atoms with E-state index in [9.17, 15) is 4.79 Å².